The minimum absolute atomic E-state index is 0.176. The second-order valence-electron chi connectivity index (χ2n) is 13.2. The van der Waals surface area contributed by atoms with Gasteiger partial charge in [0.1, 0.15) is 24.7 Å². The van der Waals surface area contributed by atoms with Gasteiger partial charge in [-0.3, -0.25) is 9.59 Å². The van der Waals surface area contributed by atoms with E-state index >= 15 is 0 Å². The van der Waals surface area contributed by atoms with Crippen LogP contribution in [-0.4, -0.2) is 55.8 Å². The first-order chi connectivity index (χ1) is 23.0. The van der Waals surface area contributed by atoms with E-state index in [1.807, 2.05) is 29.2 Å². The highest BCUT2D eigenvalue weighted by Gasteiger charge is 2.30. The minimum Gasteiger partial charge on any atom is -0.491 e. The van der Waals surface area contributed by atoms with Crippen LogP contribution in [0.15, 0.2) is 54.6 Å². The fourth-order valence-corrected chi connectivity index (χ4v) is 8.06. The van der Waals surface area contributed by atoms with Crippen LogP contribution >= 0.6 is 0 Å². The Hall–Kier alpha value is -4.50. The third kappa shape index (κ3) is 5.60. The number of fused-ring (bicyclic) bond motifs is 5. The summed E-state index contributed by atoms with van der Waals surface area (Å²) in [4.78, 5) is 28.9. The van der Waals surface area contributed by atoms with Crippen LogP contribution in [-0.2, 0) is 22.7 Å². The Labute approximate surface area is 275 Å². The molecular formula is C38H42N4O5. The van der Waals surface area contributed by atoms with Crippen molar-refractivity contribution in [1.82, 2.24) is 4.57 Å². The van der Waals surface area contributed by atoms with Crippen molar-refractivity contribution in [2.45, 2.75) is 64.0 Å². The number of aromatic nitrogens is 1. The zero-order valence-corrected chi connectivity index (χ0v) is 26.8. The van der Waals surface area contributed by atoms with Crippen molar-refractivity contribution >= 4 is 34.1 Å². The SMILES string of the molecule is NC(=O)c1ccc2c(C3CCCCC3)c3n(c2c1)CCOc1cc(OCc2cc(N4CCCC4=O)ccc2N2CCOCC2)ccc1-3. The molecule has 2 amide bonds. The van der Waals surface area contributed by atoms with E-state index in [4.69, 9.17) is 19.9 Å². The molecule has 1 aliphatic carbocycles. The highest BCUT2D eigenvalue weighted by atomic mass is 16.5. The molecule has 4 aromatic rings. The van der Waals surface area contributed by atoms with Gasteiger partial charge in [-0.25, -0.2) is 0 Å². The number of morpholine rings is 1. The van der Waals surface area contributed by atoms with Gasteiger partial charge in [0.25, 0.3) is 0 Å². The summed E-state index contributed by atoms with van der Waals surface area (Å²) >= 11 is 0. The number of primary amides is 1. The number of ether oxygens (including phenoxy) is 3. The molecule has 3 aliphatic heterocycles. The summed E-state index contributed by atoms with van der Waals surface area (Å²) in [6.07, 6.45) is 7.54. The molecule has 47 heavy (non-hydrogen) atoms. The maximum absolute atomic E-state index is 12.6. The molecule has 0 unspecified atom stereocenters. The maximum atomic E-state index is 12.6. The number of nitrogens with two attached hydrogens (primary N) is 1. The van der Waals surface area contributed by atoms with E-state index in [-0.39, 0.29) is 5.91 Å². The Morgan fingerprint density at radius 3 is 2.53 bits per heavy atom. The van der Waals surface area contributed by atoms with Crippen molar-refractivity contribution < 1.29 is 23.8 Å². The van der Waals surface area contributed by atoms with Crippen LogP contribution in [0, 0.1) is 0 Å². The smallest absolute Gasteiger partial charge is 0.248 e. The molecule has 244 valence electrons. The van der Waals surface area contributed by atoms with Crippen molar-refractivity contribution in [3.8, 4) is 22.8 Å². The second-order valence-corrected chi connectivity index (χ2v) is 13.2. The van der Waals surface area contributed by atoms with Crippen LogP contribution in [0.2, 0.25) is 0 Å². The molecule has 1 saturated carbocycles. The van der Waals surface area contributed by atoms with Gasteiger partial charge < -0.3 is 34.3 Å². The highest BCUT2D eigenvalue weighted by Crippen LogP contribution is 2.48. The Balaban J connectivity index is 1.14. The lowest BCUT2D eigenvalue weighted by Crippen LogP contribution is -2.37. The molecular weight excluding hydrogens is 592 g/mol. The van der Waals surface area contributed by atoms with E-state index in [9.17, 15) is 9.59 Å². The molecule has 3 fully saturated rings. The molecule has 0 atom stereocenters. The molecule has 3 aromatic carbocycles. The van der Waals surface area contributed by atoms with Crippen molar-refractivity contribution in [3.05, 3.63) is 71.3 Å². The van der Waals surface area contributed by atoms with E-state index < -0.39 is 5.91 Å². The van der Waals surface area contributed by atoms with Gasteiger partial charge in [-0.2, -0.15) is 0 Å². The van der Waals surface area contributed by atoms with Crippen LogP contribution in [0.4, 0.5) is 11.4 Å². The lowest BCUT2D eigenvalue weighted by atomic mass is 9.81. The summed E-state index contributed by atoms with van der Waals surface area (Å²) in [6, 6.07) is 18.4. The van der Waals surface area contributed by atoms with E-state index in [1.165, 1.54) is 35.9 Å². The summed E-state index contributed by atoms with van der Waals surface area (Å²) in [7, 11) is 0. The number of benzene rings is 3. The van der Waals surface area contributed by atoms with Gasteiger partial charge in [-0.05, 0) is 73.2 Å². The van der Waals surface area contributed by atoms with E-state index in [2.05, 4.69) is 39.8 Å². The third-order valence-corrected chi connectivity index (χ3v) is 10.4. The number of hydrogen-bond donors (Lipinski definition) is 1. The Kier molecular flexibility index (Phi) is 8.01. The van der Waals surface area contributed by atoms with Crippen LogP contribution in [0.25, 0.3) is 22.2 Å². The number of nitrogens with zero attached hydrogens (tertiary/aromatic N) is 3. The first kappa shape index (κ1) is 29.9. The van der Waals surface area contributed by atoms with E-state index in [0.717, 1.165) is 78.4 Å². The predicted molar refractivity (Wildman–Crippen MR) is 183 cm³/mol. The van der Waals surface area contributed by atoms with Gasteiger partial charge in [0.05, 0.1) is 25.5 Å². The molecule has 8 rings (SSSR count). The Bertz CT molecular complexity index is 1840. The molecule has 4 heterocycles. The molecule has 9 nitrogen and oxygen atoms in total. The van der Waals surface area contributed by atoms with Crippen molar-refractivity contribution in [1.29, 1.82) is 0 Å². The lowest BCUT2D eigenvalue weighted by Gasteiger charge is -2.31. The predicted octanol–water partition coefficient (Wildman–Crippen LogP) is 6.39. The van der Waals surface area contributed by atoms with Crippen LogP contribution in [0.5, 0.6) is 11.5 Å². The average molecular weight is 635 g/mol. The summed E-state index contributed by atoms with van der Waals surface area (Å²) in [5, 5.41) is 1.21. The van der Waals surface area contributed by atoms with Crippen molar-refractivity contribution in [3.63, 3.8) is 0 Å². The molecule has 4 aliphatic rings. The van der Waals surface area contributed by atoms with Gasteiger partial charge in [0.15, 0.2) is 0 Å². The Morgan fingerprint density at radius 1 is 0.894 bits per heavy atom. The number of carbonyl (C=O) groups excluding carboxylic acids is 2. The maximum Gasteiger partial charge on any atom is 0.248 e. The number of amides is 2. The zero-order valence-electron chi connectivity index (χ0n) is 26.8. The van der Waals surface area contributed by atoms with Gasteiger partial charge in [0, 0.05) is 71.1 Å². The lowest BCUT2D eigenvalue weighted by molar-refractivity contribution is -0.117. The monoisotopic (exact) mass is 634 g/mol. The quantitative estimate of drug-likeness (QED) is 0.253. The molecule has 9 heteroatoms. The molecule has 2 saturated heterocycles. The number of anilines is 2. The third-order valence-electron chi connectivity index (χ3n) is 10.4. The average Bonchev–Trinajstić information content (AvgIpc) is 3.62. The number of rotatable bonds is 7. The van der Waals surface area contributed by atoms with Crippen LogP contribution < -0.4 is 25.0 Å². The Morgan fingerprint density at radius 2 is 1.74 bits per heavy atom. The van der Waals surface area contributed by atoms with Crippen molar-refractivity contribution in [2.75, 3.05) is 49.3 Å². The topological polar surface area (TPSA) is 99.3 Å². The summed E-state index contributed by atoms with van der Waals surface area (Å²) in [5.41, 5.74) is 14.0. The number of carbonyl (C=O) groups is 2. The fraction of sp³-hybridized carbons (Fsp3) is 0.421. The van der Waals surface area contributed by atoms with Gasteiger partial charge in [-0.15, -0.1) is 0 Å². The molecule has 1 aromatic heterocycles. The van der Waals surface area contributed by atoms with Crippen LogP contribution in [0.1, 0.15) is 72.3 Å². The van der Waals surface area contributed by atoms with Crippen LogP contribution in [0.3, 0.4) is 0 Å². The summed E-state index contributed by atoms with van der Waals surface area (Å²) in [6.45, 7) is 5.32. The van der Waals surface area contributed by atoms with E-state index in [1.54, 1.807) is 0 Å². The summed E-state index contributed by atoms with van der Waals surface area (Å²) in [5.74, 6) is 1.76. The summed E-state index contributed by atoms with van der Waals surface area (Å²) < 4.78 is 20.9. The molecule has 2 N–H and O–H groups in total. The number of hydrogen-bond acceptors (Lipinski definition) is 6. The molecule has 0 bridgehead atoms. The largest absolute Gasteiger partial charge is 0.491 e. The molecule has 0 radical (unpaired) electrons. The standard InChI is InChI=1S/C38H42N4O5/c39-38(44)26-8-11-30-33(22-26)42-17-20-46-34-23-29(10-12-31(34)37(42)36(30)25-5-2-1-3-6-25)47-24-27-21-28(41-14-4-7-35(41)43)9-13-32(27)40-15-18-45-19-16-40/h8-13,21-23,25H,1-7,14-20,24H2,(H2,39,44). The first-order valence-electron chi connectivity index (χ1n) is 17.2. The second kappa shape index (κ2) is 12.6. The van der Waals surface area contributed by atoms with E-state index in [0.29, 0.717) is 50.9 Å². The van der Waals surface area contributed by atoms with Gasteiger partial charge >= 0.3 is 0 Å². The zero-order chi connectivity index (χ0) is 31.9. The highest BCUT2D eigenvalue weighted by molar-refractivity contribution is 6.00. The first-order valence-corrected chi connectivity index (χ1v) is 17.2. The normalized spacial score (nSPS) is 18.5. The van der Waals surface area contributed by atoms with Gasteiger partial charge in [0.2, 0.25) is 11.8 Å². The molecule has 0 spiro atoms. The van der Waals surface area contributed by atoms with Crippen molar-refractivity contribution in [2.24, 2.45) is 5.73 Å². The van der Waals surface area contributed by atoms with Gasteiger partial charge in [-0.1, -0.05) is 25.3 Å². The fourth-order valence-electron chi connectivity index (χ4n) is 8.06. The minimum atomic E-state index is -0.414.